The zero-order valence-corrected chi connectivity index (χ0v) is 11.2. The van der Waals surface area contributed by atoms with Crippen LogP contribution in [0.3, 0.4) is 0 Å². The highest BCUT2D eigenvalue weighted by atomic mass is 19.1. The number of benzene rings is 1. The van der Waals surface area contributed by atoms with Crippen LogP contribution in [0.2, 0.25) is 0 Å². The molecule has 0 heterocycles. The lowest BCUT2D eigenvalue weighted by Gasteiger charge is -2.30. The minimum atomic E-state index is -0.154. The van der Waals surface area contributed by atoms with Gasteiger partial charge in [0.05, 0.1) is 5.69 Å². The smallest absolute Gasteiger partial charge is 0.146 e. The molecule has 0 bridgehead atoms. The van der Waals surface area contributed by atoms with Crippen LogP contribution in [-0.4, -0.2) is 18.6 Å². The first-order valence-electron chi connectivity index (χ1n) is 6.27. The van der Waals surface area contributed by atoms with E-state index in [0.29, 0.717) is 12.1 Å². The molecule has 2 N–H and O–H groups in total. The van der Waals surface area contributed by atoms with Crippen molar-refractivity contribution in [3.05, 3.63) is 29.6 Å². The van der Waals surface area contributed by atoms with Gasteiger partial charge in [-0.3, -0.25) is 0 Å². The minimum Gasteiger partial charge on any atom is -0.367 e. The lowest BCUT2D eigenvalue weighted by atomic mass is 10.0. The molecule has 2 nitrogen and oxygen atoms in total. The Hall–Kier alpha value is -1.09. The number of nitrogens with two attached hydrogens (primary N) is 1. The van der Waals surface area contributed by atoms with Crippen molar-refractivity contribution in [1.29, 1.82) is 0 Å². The Morgan fingerprint density at radius 3 is 2.41 bits per heavy atom. The van der Waals surface area contributed by atoms with Gasteiger partial charge in [-0.1, -0.05) is 12.1 Å². The van der Waals surface area contributed by atoms with Crippen molar-refractivity contribution in [3.8, 4) is 0 Å². The normalized spacial score (nSPS) is 12.9. The molecule has 0 saturated carbocycles. The van der Waals surface area contributed by atoms with Gasteiger partial charge >= 0.3 is 0 Å². The molecule has 0 radical (unpaired) electrons. The quantitative estimate of drug-likeness (QED) is 0.854. The number of hydrogen-bond donors (Lipinski definition) is 1. The number of nitrogens with zero attached hydrogens (tertiary/aromatic N) is 1. The van der Waals surface area contributed by atoms with Crippen LogP contribution in [-0.2, 0) is 6.42 Å². The first kappa shape index (κ1) is 14.0. The second-order valence-electron chi connectivity index (χ2n) is 4.81. The van der Waals surface area contributed by atoms with E-state index in [4.69, 9.17) is 5.73 Å². The van der Waals surface area contributed by atoms with E-state index in [1.165, 1.54) is 6.07 Å². The predicted octanol–water partition coefficient (Wildman–Crippen LogP) is 2.95. The summed E-state index contributed by atoms with van der Waals surface area (Å²) in [6, 6.07) is 5.56. The molecule has 0 spiro atoms. The third-order valence-electron chi connectivity index (χ3n) is 2.86. The van der Waals surface area contributed by atoms with Crippen LogP contribution in [0.4, 0.5) is 10.1 Å². The lowest BCUT2D eigenvalue weighted by Crippen LogP contribution is -2.33. The zero-order chi connectivity index (χ0) is 13.0. The van der Waals surface area contributed by atoms with Crippen molar-refractivity contribution in [2.24, 2.45) is 5.73 Å². The van der Waals surface area contributed by atoms with Crippen molar-refractivity contribution in [2.45, 2.75) is 46.2 Å². The van der Waals surface area contributed by atoms with Crippen LogP contribution < -0.4 is 10.6 Å². The Morgan fingerprint density at radius 2 is 1.94 bits per heavy atom. The molecule has 96 valence electrons. The molecule has 0 aliphatic carbocycles. The molecule has 1 atom stereocenters. The van der Waals surface area contributed by atoms with Crippen molar-refractivity contribution in [1.82, 2.24) is 0 Å². The highest BCUT2D eigenvalue weighted by Crippen LogP contribution is 2.27. The Balaban J connectivity index is 3.18. The highest BCUT2D eigenvalue weighted by Gasteiger charge is 2.17. The molecule has 0 aliphatic rings. The summed E-state index contributed by atoms with van der Waals surface area (Å²) in [5.41, 5.74) is 7.53. The van der Waals surface area contributed by atoms with Crippen molar-refractivity contribution in [3.63, 3.8) is 0 Å². The molecule has 1 aromatic carbocycles. The summed E-state index contributed by atoms with van der Waals surface area (Å²) in [6.45, 7) is 8.93. The Labute approximate surface area is 104 Å². The van der Waals surface area contributed by atoms with Gasteiger partial charge in [-0.05, 0) is 45.7 Å². The molecule has 1 aromatic rings. The molecule has 1 rings (SSSR count). The average molecular weight is 238 g/mol. The molecule has 1 unspecified atom stereocenters. The first-order chi connectivity index (χ1) is 7.97. The summed E-state index contributed by atoms with van der Waals surface area (Å²) in [5.74, 6) is -0.154. The van der Waals surface area contributed by atoms with E-state index < -0.39 is 0 Å². The van der Waals surface area contributed by atoms with Crippen molar-refractivity contribution < 1.29 is 4.39 Å². The fourth-order valence-electron chi connectivity index (χ4n) is 2.17. The monoisotopic (exact) mass is 238 g/mol. The topological polar surface area (TPSA) is 29.3 Å². The molecule has 17 heavy (non-hydrogen) atoms. The average Bonchev–Trinajstić information content (AvgIpc) is 2.21. The zero-order valence-electron chi connectivity index (χ0n) is 11.2. The van der Waals surface area contributed by atoms with Crippen molar-refractivity contribution in [2.75, 3.05) is 11.4 Å². The second-order valence-corrected chi connectivity index (χ2v) is 4.81. The summed E-state index contributed by atoms with van der Waals surface area (Å²) >= 11 is 0. The van der Waals surface area contributed by atoms with Crippen LogP contribution >= 0.6 is 0 Å². The summed E-state index contributed by atoms with van der Waals surface area (Å²) in [7, 11) is 0. The third-order valence-corrected chi connectivity index (χ3v) is 2.86. The fraction of sp³-hybridized carbons (Fsp3) is 0.571. The van der Waals surface area contributed by atoms with Crippen LogP contribution in [0.15, 0.2) is 18.2 Å². The number of halogens is 1. The van der Waals surface area contributed by atoms with E-state index in [1.807, 2.05) is 19.9 Å². The van der Waals surface area contributed by atoms with Gasteiger partial charge < -0.3 is 10.6 Å². The Bertz CT molecular complexity index is 361. The van der Waals surface area contributed by atoms with Crippen LogP contribution in [0.5, 0.6) is 0 Å². The van der Waals surface area contributed by atoms with Crippen LogP contribution in [0, 0.1) is 5.82 Å². The largest absolute Gasteiger partial charge is 0.367 e. The SMILES string of the molecule is CCN(c1c(F)cccc1CC(C)N)C(C)C. The molecular weight excluding hydrogens is 215 g/mol. The Morgan fingerprint density at radius 1 is 1.29 bits per heavy atom. The van der Waals surface area contributed by atoms with Gasteiger partial charge in [-0.2, -0.15) is 0 Å². The predicted molar refractivity (Wildman–Crippen MR) is 71.9 cm³/mol. The molecular formula is C14H23FN2. The molecule has 0 aromatic heterocycles. The van der Waals surface area contributed by atoms with E-state index in [-0.39, 0.29) is 17.9 Å². The summed E-state index contributed by atoms with van der Waals surface area (Å²) < 4.78 is 14.0. The minimum absolute atomic E-state index is 0.0430. The summed E-state index contributed by atoms with van der Waals surface area (Å²) in [5, 5.41) is 0. The van der Waals surface area contributed by atoms with E-state index in [9.17, 15) is 4.39 Å². The van der Waals surface area contributed by atoms with E-state index in [2.05, 4.69) is 18.7 Å². The standard InChI is InChI=1S/C14H23FN2/c1-5-17(10(2)3)14-12(9-11(4)16)7-6-8-13(14)15/h6-8,10-11H,5,9,16H2,1-4H3. The maximum Gasteiger partial charge on any atom is 0.146 e. The number of para-hydroxylation sites is 1. The van der Waals surface area contributed by atoms with E-state index in [0.717, 1.165) is 12.1 Å². The summed E-state index contributed by atoms with van der Waals surface area (Å²) in [4.78, 5) is 2.08. The van der Waals surface area contributed by atoms with E-state index in [1.54, 1.807) is 6.07 Å². The van der Waals surface area contributed by atoms with Gasteiger partial charge in [-0.15, -0.1) is 0 Å². The Kier molecular flexibility index (Phi) is 4.94. The lowest BCUT2D eigenvalue weighted by molar-refractivity contribution is 0.597. The molecule has 3 heteroatoms. The highest BCUT2D eigenvalue weighted by molar-refractivity contribution is 5.55. The number of hydrogen-bond acceptors (Lipinski definition) is 2. The third kappa shape index (κ3) is 3.43. The molecule has 0 amide bonds. The van der Waals surface area contributed by atoms with Gasteiger partial charge in [0.2, 0.25) is 0 Å². The van der Waals surface area contributed by atoms with Gasteiger partial charge in [0.25, 0.3) is 0 Å². The number of anilines is 1. The van der Waals surface area contributed by atoms with Crippen molar-refractivity contribution >= 4 is 5.69 Å². The van der Waals surface area contributed by atoms with E-state index >= 15 is 0 Å². The maximum absolute atomic E-state index is 14.0. The van der Waals surface area contributed by atoms with Gasteiger partial charge in [0.1, 0.15) is 5.82 Å². The van der Waals surface area contributed by atoms with Gasteiger partial charge in [0.15, 0.2) is 0 Å². The van der Waals surface area contributed by atoms with Crippen LogP contribution in [0.1, 0.15) is 33.3 Å². The molecule has 0 aliphatic heterocycles. The fourth-order valence-corrected chi connectivity index (χ4v) is 2.17. The maximum atomic E-state index is 14.0. The van der Waals surface area contributed by atoms with Gasteiger partial charge in [0, 0.05) is 18.6 Å². The summed E-state index contributed by atoms with van der Waals surface area (Å²) in [6.07, 6.45) is 0.705. The first-order valence-corrected chi connectivity index (χ1v) is 6.27. The number of rotatable bonds is 5. The molecule has 0 saturated heterocycles. The second kappa shape index (κ2) is 6.01. The van der Waals surface area contributed by atoms with Crippen LogP contribution in [0.25, 0.3) is 0 Å². The van der Waals surface area contributed by atoms with Gasteiger partial charge in [-0.25, -0.2) is 4.39 Å². The molecule has 0 fully saturated rings.